The van der Waals surface area contributed by atoms with E-state index in [0.29, 0.717) is 30.4 Å². The van der Waals surface area contributed by atoms with Crippen LogP contribution in [0, 0.1) is 11.8 Å². The number of primary amides is 1. The third kappa shape index (κ3) is 4.33. The number of aromatic hydroxyl groups is 1. The first-order valence-electron chi connectivity index (χ1n) is 13.9. The minimum atomic E-state index is -2.68. The third-order valence-corrected chi connectivity index (χ3v) is 8.93. The largest absolute Gasteiger partial charge is 0.508 e. The van der Waals surface area contributed by atoms with E-state index in [1.54, 1.807) is 20.2 Å². The molecule has 6 N–H and O–H groups in total. The van der Waals surface area contributed by atoms with E-state index in [9.17, 15) is 39.6 Å². The van der Waals surface area contributed by atoms with Crippen LogP contribution in [0.1, 0.15) is 42.9 Å². The van der Waals surface area contributed by atoms with Crippen molar-refractivity contribution in [3.05, 3.63) is 70.0 Å². The van der Waals surface area contributed by atoms with Gasteiger partial charge >= 0.3 is 0 Å². The van der Waals surface area contributed by atoms with Gasteiger partial charge in [-0.25, -0.2) is 0 Å². The zero-order valence-electron chi connectivity index (χ0n) is 23.7. The molecule has 1 saturated carbocycles. The number of likely N-dealkylation sites (N-methyl/N-ethyl adjacent to an activating group) is 1. The van der Waals surface area contributed by atoms with E-state index >= 15 is 0 Å². The maximum atomic E-state index is 14.0. The number of nitrogens with two attached hydrogens (primary N) is 1. The summed E-state index contributed by atoms with van der Waals surface area (Å²) in [6.07, 6.45) is 1.65. The second kappa shape index (κ2) is 10.5. The maximum absolute atomic E-state index is 14.0. The molecule has 10 heteroatoms. The molecule has 2 aromatic rings. The summed E-state index contributed by atoms with van der Waals surface area (Å²) >= 11 is 0. The number of carbonyl (C=O) groups is 4. The topological polar surface area (TPSA) is 178 Å². The lowest BCUT2D eigenvalue weighted by atomic mass is 9.57. The van der Waals surface area contributed by atoms with Crippen LogP contribution in [-0.4, -0.2) is 74.3 Å². The Balaban J connectivity index is 1.65. The van der Waals surface area contributed by atoms with E-state index in [1.165, 1.54) is 11.0 Å². The van der Waals surface area contributed by atoms with Gasteiger partial charge in [-0.15, -0.1) is 0 Å². The average molecular weight is 575 g/mol. The van der Waals surface area contributed by atoms with Crippen LogP contribution in [0.25, 0.3) is 16.9 Å². The maximum Gasteiger partial charge on any atom is 0.255 e. The van der Waals surface area contributed by atoms with Crippen molar-refractivity contribution in [3.8, 4) is 16.9 Å². The van der Waals surface area contributed by atoms with Crippen molar-refractivity contribution in [2.24, 2.45) is 17.6 Å². The molecular weight excluding hydrogens is 540 g/mol. The first kappa shape index (κ1) is 29.2. The Bertz CT molecular complexity index is 1600. The molecule has 3 aliphatic carbocycles. The standard InChI is InChI=1S/C32H34N2O8/c1-4-18(35)9-8-15-6-5-7-16(12-15)19-10-11-22(36)24-20(19)13-17-14-21-26(34(2)3)28(38)25(31(33)41)30(40)32(21,42)29(39)23(17)27(24)37/h5-7,10-12,17,21,26,36-37,40,42H,4,8-9,13-14H2,1-3H3,(H2,33,41). The Morgan fingerprint density at radius 1 is 1.10 bits per heavy atom. The number of fused-ring (bicyclic) bond motifs is 3. The van der Waals surface area contributed by atoms with Crippen LogP contribution in [0.15, 0.2) is 53.3 Å². The highest BCUT2D eigenvalue weighted by atomic mass is 16.3. The van der Waals surface area contributed by atoms with Crippen molar-refractivity contribution in [2.45, 2.75) is 50.7 Å². The fourth-order valence-corrected chi connectivity index (χ4v) is 6.87. The van der Waals surface area contributed by atoms with Crippen LogP contribution in [0.5, 0.6) is 5.75 Å². The number of hydrogen-bond donors (Lipinski definition) is 5. The summed E-state index contributed by atoms with van der Waals surface area (Å²) in [6, 6.07) is 9.62. The van der Waals surface area contributed by atoms with Gasteiger partial charge in [-0.2, -0.15) is 0 Å². The second-order valence-electron chi connectivity index (χ2n) is 11.5. The summed E-state index contributed by atoms with van der Waals surface area (Å²) in [6.45, 7) is 1.82. The molecule has 10 nitrogen and oxygen atoms in total. The van der Waals surface area contributed by atoms with Gasteiger partial charge in [-0.05, 0) is 67.6 Å². The molecule has 0 saturated heterocycles. The summed E-state index contributed by atoms with van der Waals surface area (Å²) in [5, 5.41) is 45.0. The molecule has 0 bridgehead atoms. The number of aliphatic hydroxyl groups excluding tert-OH is 2. The molecular formula is C32H34N2O8. The van der Waals surface area contributed by atoms with Crippen LogP contribution in [0.4, 0.5) is 0 Å². The minimum Gasteiger partial charge on any atom is -0.508 e. The first-order chi connectivity index (χ1) is 19.8. The highest BCUT2D eigenvalue weighted by Gasteiger charge is 2.64. The number of phenolic OH excluding ortho intramolecular Hbond substituents is 1. The van der Waals surface area contributed by atoms with E-state index in [4.69, 9.17) is 5.73 Å². The lowest BCUT2D eigenvalue weighted by molar-refractivity contribution is -0.153. The number of nitrogens with zero attached hydrogens (tertiary/aromatic N) is 1. The molecule has 0 spiro atoms. The number of aliphatic hydroxyl groups is 3. The highest BCUT2D eigenvalue weighted by molar-refractivity contribution is 6.24. The number of phenols is 1. The number of benzene rings is 2. The fourth-order valence-electron chi connectivity index (χ4n) is 6.87. The van der Waals surface area contributed by atoms with E-state index in [0.717, 1.165) is 11.1 Å². The average Bonchev–Trinajstić information content (AvgIpc) is 2.93. The molecule has 1 amide bonds. The third-order valence-electron chi connectivity index (χ3n) is 8.93. The fraction of sp³-hybridized carbons (Fsp3) is 0.375. The van der Waals surface area contributed by atoms with Crippen molar-refractivity contribution in [3.63, 3.8) is 0 Å². The number of aryl methyl sites for hydroxylation is 1. The van der Waals surface area contributed by atoms with E-state index in [-0.39, 0.29) is 35.5 Å². The number of carbonyl (C=O) groups excluding carboxylic acids is 4. The van der Waals surface area contributed by atoms with Crippen LogP contribution in [0.3, 0.4) is 0 Å². The van der Waals surface area contributed by atoms with E-state index in [2.05, 4.69) is 0 Å². The second-order valence-corrected chi connectivity index (χ2v) is 11.5. The normalized spacial score (nSPS) is 25.3. The summed E-state index contributed by atoms with van der Waals surface area (Å²) in [5.41, 5.74) is 4.74. The van der Waals surface area contributed by atoms with Crippen LogP contribution >= 0.6 is 0 Å². The van der Waals surface area contributed by atoms with Gasteiger partial charge in [-0.3, -0.25) is 24.1 Å². The lowest BCUT2D eigenvalue weighted by Gasteiger charge is -2.50. The summed E-state index contributed by atoms with van der Waals surface area (Å²) in [7, 11) is 3.12. The molecule has 220 valence electrons. The Kier molecular flexibility index (Phi) is 7.32. The van der Waals surface area contributed by atoms with Crippen molar-refractivity contribution in [1.82, 2.24) is 4.90 Å². The van der Waals surface area contributed by atoms with Crippen molar-refractivity contribution >= 4 is 29.0 Å². The van der Waals surface area contributed by atoms with Gasteiger partial charge in [0, 0.05) is 24.3 Å². The zero-order valence-corrected chi connectivity index (χ0v) is 23.7. The Hall–Kier alpha value is -4.28. The molecule has 42 heavy (non-hydrogen) atoms. The SMILES string of the molecule is CCC(=O)CCc1cccc(-c2ccc(O)c3c2CC2CC4C(N(C)C)C(=O)C(C(N)=O)=C(O)C4(O)C(=O)C2=C3O)c1. The number of ketones is 3. The summed E-state index contributed by atoms with van der Waals surface area (Å²) in [4.78, 5) is 52.8. The smallest absolute Gasteiger partial charge is 0.255 e. The predicted octanol–water partition coefficient (Wildman–Crippen LogP) is 2.54. The molecule has 5 rings (SSSR count). The van der Waals surface area contributed by atoms with Gasteiger partial charge in [0.2, 0.25) is 5.78 Å². The van der Waals surface area contributed by atoms with Crippen LogP contribution < -0.4 is 5.73 Å². The minimum absolute atomic E-state index is 0.0139. The molecule has 1 fully saturated rings. The number of rotatable bonds is 7. The van der Waals surface area contributed by atoms with Gasteiger partial charge in [0.15, 0.2) is 11.4 Å². The molecule has 2 aromatic carbocycles. The van der Waals surface area contributed by atoms with Gasteiger partial charge in [0.1, 0.15) is 28.6 Å². The molecule has 4 atom stereocenters. The van der Waals surface area contributed by atoms with Crippen LogP contribution in [-0.2, 0) is 32.0 Å². The Morgan fingerprint density at radius 3 is 2.45 bits per heavy atom. The first-order valence-corrected chi connectivity index (χ1v) is 13.9. The van der Waals surface area contributed by atoms with Gasteiger partial charge < -0.3 is 26.2 Å². The highest BCUT2D eigenvalue weighted by Crippen LogP contribution is 2.53. The molecule has 0 heterocycles. The Labute approximate surface area is 242 Å². The molecule has 0 aromatic heterocycles. The van der Waals surface area contributed by atoms with Crippen molar-refractivity contribution < 1.29 is 39.6 Å². The van der Waals surface area contributed by atoms with E-state index < -0.39 is 58.0 Å². The lowest BCUT2D eigenvalue weighted by Crippen LogP contribution is -2.65. The number of amides is 1. The predicted molar refractivity (Wildman–Crippen MR) is 153 cm³/mol. The zero-order chi connectivity index (χ0) is 30.7. The monoisotopic (exact) mass is 574 g/mol. The molecule has 0 aliphatic heterocycles. The number of hydrogen-bond acceptors (Lipinski definition) is 9. The molecule has 0 radical (unpaired) electrons. The summed E-state index contributed by atoms with van der Waals surface area (Å²) < 4.78 is 0. The van der Waals surface area contributed by atoms with Gasteiger partial charge in [-0.1, -0.05) is 37.3 Å². The van der Waals surface area contributed by atoms with E-state index in [1.807, 2.05) is 31.2 Å². The quantitative estimate of drug-likeness (QED) is 0.311. The molecule has 3 aliphatic rings. The summed E-state index contributed by atoms with van der Waals surface area (Å²) in [5.74, 6) is -6.69. The van der Waals surface area contributed by atoms with Crippen LogP contribution in [0.2, 0.25) is 0 Å². The van der Waals surface area contributed by atoms with Crippen molar-refractivity contribution in [2.75, 3.05) is 14.1 Å². The molecule has 4 unspecified atom stereocenters. The van der Waals surface area contributed by atoms with Gasteiger partial charge in [0.05, 0.1) is 11.6 Å². The Morgan fingerprint density at radius 2 is 1.81 bits per heavy atom. The van der Waals surface area contributed by atoms with Crippen molar-refractivity contribution in [1.29, 1.82) is 0 Å². The van der Waals surface area contributed by atoms with Gasteiger partial charge in [0.25, 0.3) is 5.91 Å². The number of Topliss-reactive ketones (excluding diaryl/α,β-unsaturated/α-hetero) is 3.